The van der Waals surface area contributed by atoms with Gasteiger partial charge in [0, 0.05) is 33.3 Å². The fourth-order valence-corrected chi connectivity index (χ4v) is 2.96. The first-order chi connectivity index (χ1) is 10.1. The molecule has 0 saturated heterocycles. The number of rotatable bonds is 3. The molecule has 3 rings (SSSR count). The van der Waals surface area contributed by atoms with Gasteiger partial charge in [0.1, 0.15) is 0 Å². The summed E-state index contributed by atoms with van der Waals surface area (Å²) in [7, 11) is 0. The minimum Gasteiger partial charge on any atom is -0.380 e. The molecule has 0 bridgehead atoms. The average molecular weight is 382 g/mol. The normalized spacial score (nSPS) is 10.8. The van der Waals surface area contributed by atoms with Crippen molar-refractivity contribution in [2.24, 2.45) is 0 Å². The van der Waals surface area contributed by atoms with Crippen LogP contribution in [-0.4, -0.2) is 4.98 Å². The van der Waals surface area contributed by atoms with Gasteiger partial charge in [-0.2, -0.15) is 0 Å². The van der Waals surface area contributed by atoms with Gasteiger partial charge in [-0.3, -0.25) is 4.98 Å². The highest BCUT2D eigenvalue weighted by atomic mass is 79.9. The lowest BCUT2D eigenvalue weighted by Gasteiger charge is -2.11. The number of benzene rings is 2. The van der Waals surface area contributed by atoms with Crippen LogP contribution in [0.4, 0.5) is 5.69 Å². The van der Waals surface area contributed by atoms with Crippen LogP contribution in [0.2, 0.25) is 10.0 Å². The van der Waals surface area contributed by atoms with E-state index >= 15 is 0 Å². The Morgan fingerprint density at radius 2 is 1.95 bits per heavy atom. The Bertz CT molecular complexity index is 805. The SMILES string of the molecule is Clc1ccc(Br)c(CNc2ccc(Cl)c3ncccc23)c1. The van der Waals surface area contributed by atoms with Crippen LogP contribution in [-0.2, 0) is 6.54 Å². The minimum absolute atomic E-state index is 0.653. The Kier molecular flexibility index (Phi) is 4.34. The van der Waals surface area contributed by atoms with E-state index in [9.17, 15) is 0 Å². The van der Waals surface area contributed by atoms with E-state index in [1.807, 2.05) is 42.5 Å². The molecule has 1 aromatic heterocycles. The van der Waals surface area contributed by atoms with Gasteiger partial charge >= 0.3 is 0 Å². The van der Waals surface area contributed by atoms with E-state index in [4.69, 9.17) is 23.2 Å². The highest BCUT2D eigenvalue weighted by Crippen LogP contribution is 2.29. The summed E-state index contributed by atoms with van der Waals surface area (Å²) in [5.41, 5.74) is 2.89. The Morgan fingerprint density at radius 3 is 2.81 bits per heavy atom. The van der Waals surface area contributed by atoms with Crippen LogP contribution < -0.4 is 5.32 Å². The summed E-state index contributed by atoms with van der Waals surface area (Å²) in [6.07, 6.45) is 1.74. The summed E-state index contributed by atoms with van der Waals surface area (Å²) in [6.45, 7) is 0.659. The molecule has 0 radical (unpaired) electrons. The molecule has 0 aliphatic rings. The van der Waals surface area contributed by atoms with E-state index in [2.05, 4.69) is 26.2 Å². The zero-order valence-electron chi connectivity index (χ0n) is 10.9. The molecule has 0 unspecified atom stereocenters. The highest BCUT2D eigenvalue weighted by molar-refractivity contribution is 9.10. The first-order valence-electron chi connectivity index (χ1n) is 6.36. The van der Waals surface area contributed by atoms with Crippen LogP contribution >= 0.6 is 39.1 Å². The summed E-state index contributed by atoms with van der Waals surface area (Å²) >= 11 is 15.7. The second kappa shape index (κ2) is 6.22. The van der Waals surface area contributed by atoms with Crippen molar-refractivity contribution in [2.45, 2.75) is 6.54 Å². The highest BCUT2D eigenvalue weighted by Gasteiger charge is 2.06. The summed E-state index contributed by atoms with van der Waals surface area (Å²) in [6, 6.07) is 13.5. The molecule has 1 heterocycles. The molecular weight excluding hydrogens is 371 g/mol. The zero-order chi connectivity index (χ0) is 14.8. The average Bonchev–Trinajstić information content (AvgIpc) is 2.50. The van der Waals surface area contributed by atoms with E-state index in [1.54, 1.807) is 6.20 Å². The van der Waals surface area contributed by atoms with Crippen molar-refractivity contribution in [2.75, 3.05) is 5.32 Å². The van der Waals surface area contributed by atoms with Crippen LogP contribution in [0.1, 0.15) is 5.56 Å². The Labute approximate surface area is 141 Å². The Hall–Kier alpha value is -1.29. The number of fused-ring (bicyclic) bond motifs is 1. The second-order valence-corrected chi connectivity index (χ2v) is 6.28. The number of anilines is 1. The van der Waals surface area contributed by atoms with Crippen molar-refractivity contribution >= 4 is 55.7 Å². The molecule has 3 aromatic rings. The molecule has 2 aromatic carbocycles. The van der Waals surface area contributed by atoms with Crippen LogP contribution in [0, 0.1) is 0 Å². The minimum atomic E-state index is 0.653. The number of pyridine rings is 1. The molecule has 1 N–H and O–H groups in total. The predicted molar refractivity (Wildman–Crippen MR) is 93.2 cm³/mol. The quantitative estimate of drug-likeness (QED) is 0.609. The number of aromatic nitrogens is 1. The molecule has 5 heteroatoms. The van der Waals surface area contributed by atoms with Gasteiger partial charge in [0.15, 0.2) is 0 Å². The van der Waals surface area contributed by atoms with E-state index in [0.717, 1.165) is 31.6 Å². The number of nitrogens with zero attached hydrogens (tertiary/aromatic N) is 1. The third-order valence-electron chi connectivity index (χ3n) is 3.20. The van der Waals surface area contributed by atoms with Crippen LogP contribution in [0.5, 0.6) is 0 Å². The van der Waals surface area contributed by atoms with Gasteiger partial charge in [-0.05, 0) is 48.0 Å². The van der Waals surface area contributed by atoms with E-state index < -0.39 is 0 Å². The first kappa shape index (κ1) is 14.6. The third-order valence-corrected chi connectivity index (χ3v) is 4.51. The number of nitrogens with one attached hydrogen (secondary N) is 1. The lowest BCUT2D eigenvalue weighted by Crippen LogP contribution is -2.01. The predicted octanol–water partition coefficient (Wildman–Crippen LogP) is 5.92. The first-order valence-corrected chi connectivity index (χ1v) is 7.91. The van der Waals surface area contributed by atoms with Crippen molar-refractivity contribution in [1.82, 2.24) is 4.98 Å². The molecule has 2 nitrogen and oxygen atoms in total. The zero-order valence-corrected chi connectivity index (χ0v) is 14.0. The standard InChI is InChI=1S/C16H11BrCl2N2/c17-13-4-3-11(18)8-10(13)9-21-15-6-5-14(19)16-12(15)2-1-7-20-16/h1-8,21H,9H2. The van der Waals surface area contributed by atoms with Gasteiger partial charge in [-0.25, -0.2) is 0 Å². The van der Waals surface area contributed by atoms with Gasteiger partial charge in [0.05, 0.1) is 10.5 Å². The summed E-state index contributed by atoms with van der Waals surface area (Å²) < 4.78 is 1.02. The number of hydrogen-bond acceptors (Lipinski definition) is 2. The lowest BCUT2D eigenvalue weighted by atomic mass is 10.1. The van der Waals surface area contributed by atoms with Crippen LogP contribution in [0.25, 0.3) is 10.9 Å². The summed E-state index contributed by atoms with van der Waals surface area (Å²) in [5.74, 6) is 0. The number of hydrogen-bond donors (Lipinski definition) is 1. The maximum absolute atomic E-state index is 6.18. The smallest absolute Gasteiger partial charge is 0.0908 e. The van der Waals surface area contributed by atoms with Crippen molar-refractivity contribution in [3.05, 3.63) is 68.7 Å². The van der Waals surface area contributed by atoms with Crippen molar-refractivity contribution < 1.29 is 0 Å². The molecule has 0 saturated carbocycles. The molecule has 0 amide bonds. The van der Waals surface area contributed by atoms with E-state index in [0.29, 0.717) is 11.6 Å². The molecule has 0 aliphatic heterocycles. The van der Waals surface area contributed by atoms with Gasteiger partial charge in [0.2, 0.25) is 0 Å². The maximum Gasteiger partial charge on any atom is 0.0908 e. The van der Waals surface area contributed by atoms with E-state index in [1.165, 1.54) is 0 Å². The fraction of sp³-hybridized carbons (Fsp3) is 0.0625. The van der Waals surface area contributed by atoms with Crippen LogP contribution in [0.15, 0.2) is 53.1 Å². The molecule has 106 valence electrons. The molecule has 0 spiro atoms. The molecule has 0 fully saturated rings. The van der Waals surface area contributed by atoms with Gasteiger partial charge in [0.25, 0.3) is 0 Å². The lowest BCUT2D eigenvalue weighted by molar-refractivity contribution is 1.14. The summed E-state index contributed by atoms with van der Waals surface area (Å²) in [4.78, 5) is 4.33. The number of halogens is 3. The van der Waals surface area contributed by atoms with Gasteiger partial charge < -0.3 is 5.32 Å². The van der Waals surface area contributed by atoms with Crippen molar-refractivity contribution in [3.63, 3.8) is 0 Å². The summed E-state index contributed by atoms with van der Waals surface area (Å²) in [5, 5.41) is 5.79. The van der Waals surface area contributed by atoms with Gasteiger partial charge in [-0.15, -0.1) is 0 Å². The van der Waals surface area contributed by atoms with Crippen molar-refractivity contribution in [3.8, 4) is 0 Å². The van der Waals surface area contributed by atoms with E-state index in [-0.39, 0.29) is 0 Å². The molecule has 21 heavy (non-hydrogen) atoms. The Balaban J connectivity index is 1.92. The second-order valence-electron chi connectivity index (χ2n) is 4.58. The maximum atomic E-state index is 6.18. The molecule has 0 aliphatic carbocycles. The Morgan fingerprint density at radius 1 is 1.10 bits per heavy atom. The fourth-order valence-electron chi connectivity index (χ4n) is 2.16. The van der Waals surface area contributed by atoms with Crippen molar-refractivity contribution in [1.29, 1.82) is 0 Å². The molecular formula is C16H11BrCl2N2. The van der Waals surface area contributed by atoms with Gasteiger partial charge in [-0.1, -0.05) is 39.1 Å². The third kappa shape index (κ3) is 3.15. The topological polar surface area (TPSA) is 24.9 Å². The monoisotopic (exact) mass is 380 g/mol. The largest absolute Gasteiger partial charge is 0.380 e. The molecule has 0 atom stereocenters. The van der Waals surface area contributed by atoms with Crippen LogP contribution in [0.3, 0.4) is 0 Å².